The van der Waals surface area contributed by atoms with Crippen molar-refractivity contribution in [2.45, 2.75) is 25.7 Å². The summed E-state index contributed by atoms with van der Waals surface area (Å²) in [6, 6.07) is 19.2. The number of rotatable bonds is 7. The Kier molecular flexibility index (Phi) is 6.11. The van der Waals surface area contributed by atoms with Gasteiger partial charge in [0.05, 0.1) is 23.3 Å². The van der Waals surface area contributed by atoms with Crippen LogP contribution in [0.1, 0.15) is 35.1 Å². The van der Waals surface area contributed by atoms with E-state index in [0.29, 0.717) is 17.5 Å². The molecule has 0 radical (unpaired) electrons. The van der Waals surface area contributed by atoms with Crippen LogP contribution in [-0.4, -0.2) is 5.91 Å². The smallest absolute Gasteiger partial charge is 0.217 e. The van der Waals surface area contributed by atoms with Crippen molar-refractivity contribution in [3.8, 4) is 12.1 Å². The lowest BCUT2D eigenvalue weighted by Crippen LogP contribution is -2.18. The highest BCUT2D eigenvalue weighted by atomic mass is 16.1. The first kappa shape index (κ1) is 17.2. The zero-order valence-electron chi connectivity index (χ0n) is 13.4. The molecule has 0 spiro atoms. The highest BCUT2D eigenvalue weighted by molar-refractivity contribution is 5.74. The van der Waals surface area contributed by atoms with E-state index >= 15 is 0 Å². The predicted octanol–water partition coefficient (Wildman–Crippen LogP) is 3.10. The molecule has 0 aliphatic heterocycles. The van der Waals surface area contributed by atoms with Crippen molar-refractivity contribution in [2.24, 2.45) is 11.7 Å². The molecule has 0 saturated carbocycles. The zero-order chi connectivity index (χ0) is 17.4. The molecule has 0 aromatic heterocycles. The molecular weight excluding hydrogens is 298 g/mol. The van der Waals surface area contributed by atoms with E-state index in [1.54, 1.807) is 18.2 Å². The molecule has 0 aliphatic rings. The number of nitrogens with zero attached hydrogens (tertiary/aromatic N) is 2. The number of hydrogen-bond acceptors (Lipinski definition) is 3. The molecule has 24 heavy (non-hydrogen) atoms. The molecule has 1 unspecified atom stereocenters. The van der Waals surface area contributed by atoms with Crippen LogP contribution in [0.2, 0.25) is 0 Å². The summed E-state index contributed by atoms with van der Waals surface area (Å²) >= 11 is 0. The molecule has 2 N–H and O–H groups in total. The second-order valence-electron chi connectivity index (χ2n) is 5.90. The maximum Gasteiger partial charge on any atom is 0.217 e. The third kappa shape index (κ3) is 5.26. The first-order valence-corrected chi connectivity index (χ1v) is 7.87. The largest absolute Gasteiger partial charge is 0.370 e. The van der Waals surface area contributed by atoms with Gasteiger partial charge in [-0.1, -0.05) is 24.3 Å². The highest BCUT2D eigenvalue weighted by Crippen LogP contribution is 2.20. The van der Waals surface area contributed by atoms with Gasteiger partial charge < -0.3 is 5.73 Å². The normalized spacial score (nSPS) is 11.2. The van der Waals surface area contributed by atoms with Crippen molar-refractivity contribution >= 4 is 5.91 Å². The van der Waals surface area contributed by atoms with Crippen molar-refractivity contribution in [3.63, 3.8) is 0 Å². The van der Waals surface area contributed by atoms with Crippen LogP contribution in [0, 0.1) is 28.6 Å². The monoisotopic (exact) mass is 317 g/mol. The molecule has 0 bridgehead atoms. The van der Waals surface area contributed by atoms with Crippen molar-refractivity contribution in [1.82, 2.24) is 0 Å². The van der Waals surface area contributed by atoms with Gasteiger partial charge in [-0.05, 0) is 60.6 Å². The average molecular weight is 317 g/mol. The molecule has 2 rings (SSSR count). The highest BCUT2D eigenvalue weighted by Gasteiger charge is 2.13. The third-order valence-electron chi connectivity index (χ3n) is 3.99. The number of nitriles is 2. The summed E-state index contributed by atoms with van der Waals surface area (Å²) in [5.74, 6) is -0.177. The molecular formula is C20H19N3O. The number of primary amides is 1. The van der Waals surface area contributed by atoms with E-state index in [0.717, 1.165) is 30.4 Å². The molecule has 0 aliphatic carbocycles. The Balaban J connectivity index is 2.03. The number of benzene rings is 2. The lowest BCUT2D eigenvalue weighted by Gasteiger charge is -2.15. The van der Waals surface area contributed by atoms with E-state index in [4.69, 9.17) is 16.3 Å². The minimum atomic E-state index is -0.309. The zero-order valence-corrected chi connectivity index (χ0v) is 13.4. The van der Waals surface area contributed by atoms with E-state index in [-0.39, 0.29) is 11.8 Å². The lowest BCUT2D eigenvalue weighted by molar-refractivity contribution is -0.118. The topological polar surface area (TPSA) is 90.7 Å². The second-order valence-corrected chi connectivity index (χ2v) is 5.90. The van der Waals surface area contributed by atoms with Crippen molar-refractivity contribution < 1.29 is 4.79 Å². The number of nitrogens with two attached hydrogens (primary N) is 1. The summed E-state index contributed by atoms with van der Waals surface area (Å²) in [5.41, 5.74) is 8.82. The molecule has 0 saturated heterocycles. The third-order valence-corrected chi connectivity index (χ3v) is 3.99. The molecule has 4 nitrogen and oxygen atoms in total. The van der Waals surface area contributed by atoms with Gasteiger partial charge in [0.15, 0.2) is 0 Å². The van der Waals surface area contributed by atoms with E-state index < -0.39 is 0 Å². The summed E-state index contributed by atoms with van der Waals surface area (Å²) < 4.78 is 0. The van der Waals surface area contributed by atoms with Crippen LogP contribution >= 0.6 is 0 Å². The fourth-order valence-corrected chi connectivity index (χ4v) is 2.78. The number of carbonyl (C=O) groups excluding carboxylic acids is 1. The van der Waals surface area contributed by atoms with E-state index in [1.807, 2.05) is 30.3 Å². The average Bonchev–Trinajstić information content (AvgIpc) is 2.60. The molecule has 0 heterocycles. The Morgan fingerprint density at radius 3 is 2.33 bits per heavy atom. The van der Waals surface area contributed by atoms with Crippen molar-refractivity contribution in [2.75, 3.05) is 0 Å². The summed E-state index contributed by atoms with van der Waals surface area (Å²) in [6.45, 7) is 0. The van der Waals surface area contributed by atoms with Crippen LogP contribution in [0.15, 0.2) is 48.5 Å². The van der Waals surface area contributed by atoms with Crippen LogP contribution < -0.4 is 5.73 Å². The molecule has 1 amide bonds. The molecule has 0 fully saturated rings. The van der Waals surface area contributed by atoms with Gasteiger partial charge in [-0.15, -0.1) is 0 Å². The van der Waals surface area contributed by atoms with Crippen LogP contribution in [0.4, 0.5) is 0 Å². The maximum absolute atomic E-state index is 11.4. The van der Waals surface area contributed by atoms with Gasteiger partial charge in [0.1, 0.15) is 0 Å². The Morgan fingerprint density at radius 2 is 1.71 bits per heavy atom. The summed E-state index contributed by atoms with van der Waals surface area (Å²) in [4.78, 5) is 11.4. The van der Waals surface area contributed by atoms with Gasteiger partial charge in [0.25, 0.3) is 0 Å². The van der Waals surface area contributed by atoms with Crippen LogP contribution in [0.5, 0.6) is 0 Å². The van der Waals surface area contributed by atoms with E-state index in [9.17, 15) is 4.79 Å². The standard InChI is InChI=1S/C20H19N3O/c21-13-16-7-4-15(5-8-16)6-9-18(12-20(23)24)10-17-2-1-3-19(11-17)14-22/h1-5,7-8,11,18H,6,9-10,12H2,(H2,23,24). The first-order valence-electron chi connectivity index (χ1n) is 7.87. The molecule has 1 atom stereocenters. The predicted molar refractivity (Wildman–Crippen MR) is 91.6 cm³/mol. The van der Waals surface area contributed by atoms with Gasteiger partial charge >= 0.3 is 0 Å². The summed E-state index contributed by atoms with van der Waals surface area (Å²) in [5, 5.41) is 17.8. The van der Waals surface area contributed by atoms with Crippen molar-refractivity contribution in [3.05, 3.63) is 70.8 Å². The molecule has 2 aromatic rings. The molecule has 4 heteroatoms. The fourth-order valence-electron chi connectivity index (χ4n) is 2.78. The summed E-state index contributed by atoms with van der Waals surface area (Å²) in [6.07, 6.45) is 2.69. The van der Waals surface area contributed by atoms with Gasteiger partial charge in [0, 0.05) is 6.42 Å². The Bertz CT molecular complexity index is 782. The minimum absolute atomic E-state index is 0.132. The molecule has 120 valence electrons. The van der Waals surface area contributed by atoms with E-state index in [2.05, 4.69) is 12.1 Å². The van der Waals surface area contributed by atoms with Gasteiger partial charge in [-0.2, -0.15) is 10.5 Å². The van der Waals surface area contributed by atoms with Crippen molar-refractivity contribution in [1.29, 1.82) is 10.5 Å². The van der Waals surface area contributed by atoms with Gasteiger partial charge in [-0.3, -0.25) is 4.79 Å². The second kappa shape index (κ2) is 8.50. The number of amides is 1. The fraction of sp³-hybridized carbons (Fsp3) is 0.250. The number of aryl methyl sites for hydroxylation is 1. The quantitative estimate of drug-likeness (QED) is 0.850. The Hall–Kier alpha value is -3.11. The first-order chi connectivity index (χ1) is 11.6. The van der Waals surface area contributed by atoms with Gasteiger partial charge in [0.2, 0.25) is 5.91 Å². The van der Waals surface area contributed by atoms with Crippen LogP contribution in [0.3, 0.4) is 0 Å². The van der Waals surface area contributed by atoms with Gasteiger partial charge in [-0.25, -0.2) is 0 Å². The Morgan fingerprint density at radius 1 is 1.00 bits per heavy atom. The number of hydrogen-bond donors (Lipinski definition) is 1. The molecule has 2 aromatic carbocycles. The summed E-state index contributed by atoms with van der Waals surface area (Å²) in [7, 11) is 0. The van der Waals surface area contributed by atoms with Crippen LogP contribution in [0.25, 0.3) is 0 Å². The van der Waals surface area contributed by atoms with E-state index in [1.165, 1.54) is 0 Å². The Labute approximate surface area is 142 Å². The lowest BCUT2D eigenvalue weighted by atomic mass is 9.89. The SMILES string of the molecule is N#Cc1ccc(CCC(CC(N)=O)Cc2cccc(C#N)c2)cc1. The van der Waals surface area contributed by atoms with Crippen LogP contribution in [-0.2, 0) is 17.6 Å². The minimum Gasteiger partial charge on any atom is -0.370 e. The maximum atomic E-state index is 11.4. The number of carbonyl (C=O) groups is 1.